The van der Waals surface area contributed by atoms with Crippen LogP contribution in [0.5, 0.6) is 0 Å². The Morgan fingerprint density at radius 3 is 1.60 bits per heavy atom. The lowest BCUT2D eigenvalue weighted by Gasteiger charge is -2.12. The second-order valence-corrected chi connectivity index (χ2v) is 2.74. The third kappa shape index (κ3) is 268. The Morgan fingerprint density at radius 1 is 1.60 bits per heavy atom. The molecule has 0 aliphatic rings. The first-order valence-corrected chi connectivity index (χ1v) is 1.92. The van der Waals surface area contributed by atoms with Crippen molar-refractivity contribution in [3.8, 4) is 0 Å². The number of hydrogen-bond acceptors (Lipinski definition) is 0. The number of halogens is 1. The normalized spacial score (nSPS) is 12.0. The van der Waals surface area contributed by atoms with Crippen molar-refractivity contribution < 1.29 is 0 Å². The lowest BCUT2D eigenvalue weighted by molar-refractivity contribution is 0.878. The van der Waals surface area contributed by atoms with Crippen LogP contribution in [0, 0.1) is 6.92 Å². The Kier molecular flexibility index (Phi) is 1.24. The van der Waals surface area contributed by atoms with Crippen LogP contribution in [0.2, 0.25) is 0 Å². The van der Waals surface area contributed by atoms with E-state index in [4.69, 9.17) is 11.6 Å². The molecular formula is C4H8Cl-. The van der Waals surface area contributed by atoms with Crippen LogP contribution in [0.3, 0.4) is 0 Å². The van der Waals surface area contributed by atoms with E-state index in [1.54, 1.807) is 0 Å². The van der Waals surface area contributed by atoms with Crippen LogP contribution < -0.4 is 0 Å². The maximum atomic E-state index is 5.42. The molecule has 0 aromatic rings. The molecule has 0 spiro atoms. The summed E-state index contributed by atoms with van der Waals surface area (Å²) in [7, 11) is 0. The number of rotatable bonds is 0. The Hall–Kier alpha value is 0.290. The minimum Gasteiger partial charge on any atom is -0.323 e. The van der Waals surface area contributed by atoms with Crippen LogP contribution in [0.1, 0.15) is 13.8 Å². The molecule has 0 atom stereocenters. The molecule has 0 N–H and O–H groups in total. The summed E-state index contributed by atoms with van der Waals surface area (Å²) in [5.41, 5.74) is 0. The molecule has 0 aliphatic carbocycles. The third-order valence-corrected chi connectivity index (χ3v) is 0. The van der Waals surface area contributed by atoms with Crippen molar-refractivity contribution >= 4 is 11.6 Å². The highest BCUT2D eigenvalue weighted by Crippen LogP contribution is 2.07. The van der Waals surface area contributed by atoms with E-state index >= 15 is 0 Å². The van der Waals surface area contributed by atoms with E-state index in [1.807, 2.05) is 13.8 Å². The van der Waals surface area contributed by atoms with Gasteiger partial charge < -0.3 is 6.92 Å². The quantitative estimate of drug-likeness (QED) is 0.315. The van der Waals surface area contributed by atoms with Gasteiger partial charge in [-0.15, -0.1) is 0 Å². The van der Waals surface area contributed by atoms with Gasteiger partial charge in [-0.3, -0.25) is 0 Å². The van der Waals surface area contributed by atoms with E-state index < -0.39 is 0 Å². The summed E-state index contributed by atoms with van der Waals surface area (Å²) in [6.45, 7) is 7.22. The molecule has 0 bridgehead atoms. The van der Waals surface area contributed by atoms with E-state index in [2.05, 4.69) is 6.92 Å². The summed E-state index contributed by atoms with van der Waals surface area (Å²) < 4.78 is 0. The molecule has 0 fully saturated rings. The van der Waals surface area contributed by atoms with Crippen LogP contribution in [-0.2, 0) is 0 Å². The van der Waals surface area contributed by atoms with Crippen LogP contribution in [0.15, 0.2) is 0 Å². The molecule has 5 heavy (non-hydrogen) atoms. The third-order valence-electron chi connectivity index (χ3n) is 0. The summed E-state index contributed by atoms with van der Waals surface area (Å²) in [5, 5.41) is 0. The van der Waals surface area contributed by atoms with Crippen LogP contribution in [0.4, 0.5) is 0 Å². The fourth-order valence-corrected chi connectivity index (χ4v) is 0. The highest BCUT2D eigenvalue weighted by atomic mass is 35.5. The first-order chi connectivity index (χ1) is 2.00. The van der Waals surface area contributed by atoms with Crippen molar-refractivity contribution in [1.82, 2.24) is 0 Å². The predicted molar refractivity (Wildman–Crippen MR) is 25.3 cm³/mol. The van der Waals surface area contributed by atoms with E-state index in [0.717, 1.165) is 0 Å². The van der Waals surface area contributed by atoms with E-state index in [9.17, 15) is 0 Å². The molecular weight excluding hydrogens is 83.5 g/mol. The van der Waals surface area contributed by atoms with Crippen molar-refractivity contribution in [2.75, 3.05) is 0 Å². The van der Waals surface area contributed by atoms with Gasteiger partial charge in [0.15, 0.2) is 0 Å². The second-order valence-electron chi connectivity index (χ2n) is 1.72. The smallest absolute Gasteiger partial charge is 0.0745 e. The summed E-state index contributed by atoms with van der Waals surface area (Å²) in [6, 6.07) is 0. The molecule has 0 heterocycles. The monoisotopic (exact) mass is 91.0 g/mol. The van der Waals surface area contributed by atoms with E-state index in [0.29, 0.717) is 0 Å². The average molecular weight is 91.6 g/mol. The number of hydrogen-bond donors (Lipinski definition) is 0. The van der Waals surface area contributed by atoms with Gasteiger partial charge in [0.25, 0.3) is 0 Å². The Bertz CT molecular complexity index is 19.1. The predicted octanol–water partition coefficient (Wildman–Crippen LogP) is 1.84. The molecule has 0 unspecified atom stereocenters. The van der Waals surface area contributed by atoms with Crippen molar-refractivity contribution in [3.63, 3.8) is 0 Å². The maximum Gasteiger partial charge on any atom is -0.0745 e. The maximum absolute atomic E-state index is 5.42. The molecule has 0 rings (SSSR count). The zero-order valence-corrected chi connectivity index (χ0v) is 4.34. The van der Waals surface area contributed by atoms with Crippen molar-refractivity contribution in [1.29, 1.82) is 0 Å². The molecule has 0 radical (unpaired) electrons. The summed E-state index contributed by atoms with van der Waals surface area (Å²) in [4.78, 5) is -0.278. The molecule has 0 aromatic heterocycles. The molecule has 0 saturated heterocycles. The van der Waals surface area contributed by atoms with Gasteiger partial charge in [-0.05, 0) is 0 Å². The van der Waals surface area contributed by atoms with Gasteiger partial charge in [0.05, 0.1) is 0 Å². The standard InChI is InChI=1S/C4H8Cl/c1-4(2,3)5/h1H2,2-3H3/q-1. The fourth-order valence-electron chi connectivity index (χ4n) is 0. The Morgan fingerprint density at radius 2 is 1.60 bits per heavy atom. The van der Waals surface area contributed by atoms with Gasteiger partial charge in [0, 0.05) is 0 Å². The first kappa shape index (κ1) is 5.29. The zero-order valence-electron chi connectivity index (χ0n) is 3.59. The SMILES string of the molecule is [CH2-]C(C)(C)Cl. The van der Waals surface area contributed by atoms with Crippen molar-refractivity contribution in [2.24, 2.45) is 0 Å². The first-order valence-electron chi connectivity index (χ1n) is 1.54. The lowest BCUT2D eigenvalue weighted by atomic mass is 10.3. The Balaban J connectivity index is 3.02. The van der Waals surface area contributed by atoms with Crippen molar-refractivity contribution in [3.05, 3.63) is 6.92 Å². The largest absolute Gasteiger partial charge is 0.323 e. The topological polar surface area (TPSA) is 0 Å². The zero-order chi connectivity index (χ0) is 4.50. The summed E-state index contributed by atoms with van der Waals surface area (Å²) >= 11 is 5.42. The molecule has 0 aromatic carbocycles. The Labute approximate surface area is 38.1 Å². The average Bonchev–Trinajstić information content (AvgIpc) is 0.722. The fraction of sp³-hybridized carbons (Fsp3) is 0.750. The molecule has 0 aliphatic heterocycles. The molecule has 0 amide bonds. The molecule has 1 heteroatoms. The van der Waals surface area contributed by atoms with Gasteiger partial charge in [-0.1, -0.05) is 18.7 Å². The van der Waals surface area contributed by atoms with Crippen LogP contribution in [0.25, 0.3) is 0 Å². The number of alkyl halides is 1. The lowest BCUT2D eigenvalue weighted by Crippen LogP contribution is -1.99. The minimum absolute atomic E-state index is 0.278. The van der Waals surface area contributed by atoms with Crippen molar-refractivity contribution in [2.45, 2.75) is 18.7 Å². The molecule has 0 nitrogen and oxygen atoms in total. The molecule has 0 saturated carbocycles. The van der Waals surface area contributed by atoms with Gasteiger partial charge in [-0.2, -0.15) is 11.6 Å². The minimum atomic E-state index is -0.278. The van der Waals surface area contributed by atoms with E-state index in [-0.39, 0.29) is 4.87 Å². The summed E-state index contributed by atoms with van der Waals surface area (Å²) in [6.07, 6.45) is 0. The van der Waals surface area contributed by atoms with Gasteiger partial charge in [0.1, 0.15) is 0 Å². The van der Waals surface area contributed by atoms with E-state index in [1.165, 1.54) is 0 Å². The van der Waals surface area contributed by atoms with Crippen LogP contribution >= 0.6 is 11.6 Å². The highest BCUT2D eigenvalue weighted by molar-refractivity contribution is 6.23. The summed E-state index contributed by atoms with van der Waals surface area (Å²) in [5.74, 6) is 0. The van der Waals surface area contributed by atoms with Crippen LogP contribution in [-0.4, -0.2) is 4.87 Å². The highest BCUT2D eigenvalue weighted by Gasteiger charge is 1.88. The van der Waals surface area contributed by atoms with Gasteiger partial charge in [0.2, 0.25) is 0 Å². The van der Waals surface area contributed by atoms with Gasteiger partial charge in [-0.25, -0.2) is 0 Å². The molecule has 32 valence electrons. The van der Waals surface area contributed by atoms with Gasteiger partial charge >= 0.3 is 0 Å². The second kappa shape index (κ2) is 1.17.